The Morgan fingerprint density at radius 2 is 2.00 bits per heavy atom. The maximum Gasteiger partial charge on any atom is 0.125 e. The highest BCUT2D eigenvalue weighted by atomic mass is 79.9. The van der Waals surface area contributed by atoms with Crippen LogP contribution in [-0.4, -0.2) is 12.6 Å². The van der Waals surface area contributed by atoms with Gasteiger partial charge in [-0.15, -0.1) is 0 Å². The Balaban J connectivity index is 2.08. The molecule has 1 aromatic rings. The summed E-state index contributed by atoms with van der Waals surface area (Å²) in [6.07, 6.45) is 8.63. The van der Waals surface area contributed by atoms with E-state index in [-0.39, 0.29) is 6.04 Å². The van der Waals surface area contributed by atoms with E-state index in [1.54, 1.807) is 0 Å². The standard InChI is InChI=1S/C18H28BrNO/c1-3-17(20)11-15-10-16(19)9-13(2)18(15)21-12-14-7-5-4-6-8-14/h9-10,14,17H,3-8,11-12,20H2,1-2H3. The monoisotopic (exact) mass is 353 g/mol. The molecule has 21 heavy (non-hydrogen) atoms. The predicted octanol–water partition coefficient (Wildman–Crippen LogP) is 5.00. The van der Waals surface area contributed by atoms with Gasteiger partial charge in [0, 0.05) is 10.5 Å². The summed E-state index contributed by atoms with van der Waals surface area (Å²) in [6, 6.07) is 4.51. The van der Waals surface area contributed by atoms with Gasteiger partial charge in [0.25, 0.3) is 0 Å². The lowest BCUT2D eigenvalue weighted by molar-refractivity contribution is 0.206. The fraction of sp³-hybridized carbons (Fsp3) is 0.667. The molecule has 1 aliphatic rings. The van der Waals surface area contributed by atoms with Gasteiger partial charge in [-0.2, -0.15) is 0 Å². The highest BCUT2D eigenvalue weighted by Gasteiger charge is 2.17. The Morgan fingerprint density at radius 1 is 1.29 bits per heavy atom. The van der Waals surface area contributed by atoms with Crippen LogP contribution in [-0.2, 0) is 6.42 Å². The summed E-state index contributed by atoms with van der Waals surface area (Å²) in [6.45, 7) is 5.12. The van der Waals surface area contributed by atoms with Gasteiger partial charge in [0.1, 0.15) is 5.75 Å². The maximum atomic E-state index is 6.23. The Hall–Kier alpha value is -0.540. The van der Waals surface area contributed by atoms with Crippen LogP contribution in [0.25, 0.3) is 0 Å². The molecule has 2 N–H and O–H groups in total. The number of hydrogen-bond acceptors (Lipinski definition) is 2. The van der Waals surface area contributed by atoms with Crippen LogP contribution in [0.5, 0.6) is 5.75 Å². The molecule has 0 spiro atoms. The number of hydrogen-bond donors (Lipinski definition) is 1. The van der Waals surface area contributed by atoms with Gasteiger partial charge in [-0.1, -0.05) is 42.1 Å². The van der Waals surface area contributed by atoms with Crippen LogP contribution >= 0.6 is 15.9 Å². The van der Waals surface area contributed by atoms with Gasteiger partial charge in [-0.25, -0.2) is 0 Å². The molecular weight excluding hydrogens is 326 g/mol. The zero-order chi connectivity index (χ0) is 15.2. The summed E-state index contributed by atoms with van der Waals surface area (Å²) < 4.78 is 7.35. The Bertz CT molecular complexity index is 455. The SMILES string of the molecule is CCC(N)Cc1cc(Br)cc(C)c1OCC1CCCCC1. The largest absolute Gasteiger partial charge is 0.493 e. The third-order valence-electron chi connectivity index (χ3n) is 4.51. The van der Waals surface area contributed by atoms with Crippen molar-refractivity contribution in [2.75, 3.05) is 6.61 Å². The zero-order valence-electron chi connectivity index (χ0n) is 13.3. The average molecular weight is 354 g/mol. The lowest BCUT2D eigenvalue weighted by Crippen LogP contribution is -2.22. The first kappa shape index (κ1) is 16.8. The van der Waals surface area contributed by atoms with Crippen molar-refractivity contribution in [2.45, 2.75) is 64.8 Å². The molecule has 1 saturated carbocycles. The lowest BCUT2D eigenvalue weighted by atomic mass is 9.90. The van der Waals surface area contributed by atoms with Crippen LogP contribution in [0.4, 0.5) is 0 Å². The van der Waals surface area contributed by atoms with Gasteiger partial charge in [0.15, 0.2) is 0 Å². The Kier molecular flexibility index (Phi) is 6.56. The highest BCUT2D eigenvalue weighted by Crippen LogP contribution is 2.31. The number of rotatable bonds is 6. The molecule has 2 nitrogen and oxygen atoms in total. The lowest BCUT2D eigenvalue weighted by Gasteiger charge is -2.24. The fourth-order valence-corrected chi connectivity index (χ4v) is 3.76. The van der Waals surface area contributed by atoms with Crippen molar-refractivity contribution in [1.29, 1.82) is 0 Å². The van der Waals surface area contributed by atoms with E-state index in [4.69, 9.17) is 10.5 Å². The van der Waals surface area contributed by atoms with E-state index >= 15 is 0 Å². The highest BCUT2D eigenvalue weighted by molar-refractivity contribution is 9.10. The molecule has 1 atom stereocenters. The topological polar surface area (TPSA) is 35.2 Å². The third kappa shape index (κ3) is 5.00. The van der Waals surface area contributed by atoms with Crippen LogP contribution < -0.4 is 10.5 Å². The molecule has 0 bridgehead atoms. The molecule has 0 aromatic heterocycles. The van der Waals surface area contributed by atoms with E-state index in [9.17, 15) is 0 Å². The van der Waals surface area contributed by atoms with Crippen molar-refractivity contribution < 1.29 is 4.74 Å². The summed E-state index contributed by atoms with van der Waals surface area (Å²) >= 11 is 3.59. The van der Waals surface area contributed by atoms with Crippen LogP contribution in [0, 0.1) is 12.8 Å². The Morgan fingerprint density at radius 3 is 2.67 bits per heavy atom. The first-order chi connectivity index (χ1) is 10.1. The second-order valence-electron chi connectivity index (χ2n) is 6.40. The second-order valence-corrected chi connectivity index (χ2v) is 7.31. The normalized spacial score (nSPS) is 17.7. The van der Waals surface area contributed by atoms with Crippen LogP contribution in [0.3, 0.4) is 0 Å². The number of aryl methyl sites for hydroxylation is 1. The summed E-state index contributed by atoms with van der Waals surface area (Å²) in [7, 11) is 0. The number of nitrogens with two attached hydrogens (primary N) is 1. The minimum Gasteiger partial charge on any atom is -0.493 e. The quantitative estimate of drug-likeness (QED) is 0.781. The summed E-state index contributed by atoms with van der Waals surface area (Å²) in [4.78, 5) is 0. The number of ether oxygens (including phenoxy) is 1. The van der Waals surface area contributed by atoms with Crippen molar-refractivity contribution >= 4 is 15.9 Å². The van der Waals surface area contributed by atoms with Crippen molar-refractivity contribution in [3.05, 3.63) is 27.7 Å². The molecule has 1 unspecified atom stereocenters. The fourth-order valence-electron chi connectivity index (χ4n) is 3.14. The summed E-state index contributed by atoms with van der Waals surface area (Å²) in [5, 5.41) is 0. The minimum absolute atomic E-state index is 0.204. The van der Waals surface area contributed by atoms with Crippen molar-refractivity contribution in [3.63, 3.8) is 0 Å². The molecule has 1 fully saturated rings. The molecule has 0 amide bonds. The molecule has 0 heterocycles. The molecule has 0 radical (unpaired) electrons. The first-order valence-corrected chi connectivity index (χ1v) is 9.06. The molecule has 1 aromatic carbocycles. The summed E-state index contributed by atoms with van der Waals surface area (Å²) in [5.41, 5.74) is 8.59. The van der Waals surface area contributed by atoms with E-state index in [0.29, 0.717) is 0 Å². The Labute approximate surface area is 137 Å². The second kappa shape index (κ2) is 8.19. The molecule has 1 aliphatic carbocycles. The van der Waals surface area contributed by atoms with E-state index < -0.39 is 0 Å². The van der Waals surface area contributed by atoms with Crippen molar-refractivity contribution in [3.8, 4) is 5.75 Å². The average Bonchev–Trinajstić information content (AvgIpc) is 2.47. The summed E-state index contributed by atoms with van der Waals surface area (Å²) in [5.74, 6) is 1.79. The first-order valence-electron chi connectivity index (χ1n) is 8.27. The van der Waals surface area contributed by atoms with Gasteiger partial charge >= 0.3 is 0 Å². The van der Waals surface area contributed by atoms with Crippen LogP contribution in [0.1, 0.15) is 56.6 Å². The molecule has 3 heteroatoms. The molecule has 2 rings (SSSR count). The molecule has 118 valence electrons. The van der Waals surface area contributed by atoms with E-state index in [2.05, 4.69) is 41.9 Å². The van der Waals surface area contributed by atoms with Gasteiger partial charge in [0.05, 0.1) is 6.61 Å². The van der Waals surface area contributed by atoms with E-state index in [0.717, 1.165) is 35.6 Å². The van der Waals surface area contributed by atoms with Crippen molar-refractivity contribution in [2.24, 2.45) is 11.7 Å². The molecule has 0 aliphatic heterocycles. The van der Waals surface area contributed by atoms with Crippen molar-refractivity contribution in [1.82, 2.24) is 0 Å². The molecular formula is C18H28BrNO. The predicted molar refractivity (Wildman–Crippen MR) is 92.9 cm³/mol. The van der Waals surface area contributed by atoms with E-state index in [1.165, 1.54) is 43.2 Å². The third-order valence-corrected chi connectivity index (χ3v) is 4.97. The number of benzene rings is 1. The maximum absolute atomic E-state index is 6.23. The zero-order valence-corrected chi connectivity index (χ0v) is 14.9. The van der Waals surface area contributed by atoms with Crippen LogP contribution in [0.15, 0.2) is 16.6 Å². The van der Waals surface area contributed by atoms with Gasteiger partial charge in [-0.3, -0.25) is 0 Å². The van der Waals surface area contributed by atoms with Crippen LogP contribution in [0.2, 0.25) is 0 Å². The van der Waals surface area contributed by atoms with Gasteiger partial charge in [0.2, 0.25) is 0 Å². The minimum atomic E-state index is 0.204. The smallest absolute Gasteiger partial charge is 0.125 e. The van der Waals surface area contributed by atoms with Gasteiger partial charge in [-0.05, 0) is 61.8 Å². The number of halogens is 1. The molecule has 0 saturated heterocycles. The van der Waals surface area contributed by atoms with E-state index in [1.807, 2.05) is 0 Å². The van der Waals surface area contributed by atoms with Gasteiger partial charge < -0.3 is 10.5 Å².